The molecule has 0 fully saturated rings. The predicted octanol–water partition coefficient (Wildman–Crippen LogP) is 5.72. The van der Waals surface area contributed by atoms with Crippen molar-refractivity contribution in [3.05, 3.63) is 88.8 Å². The molecule has 1 amide bonds. The molecule has 0 bridgehead atoms. The van der Waals surface area contributed by atoms with Crippen LogP contribution >= 0.6 is 11.6 Å². The van der Waals surface area contributed by atoms with E-state index in [9.17, 15) is 4.79 Å². The molecule has 0 aliphatic heterocycles. The second-order valence-corrected chi connectivity index (χ2v) is 7.97. The van der Waals surface area contributed by atoms with Crippen LogP contribution in [0.5, 0.6) is 0 Å². The quantitative estimate of drug-likeness (QED) is 0.387. The lowest BCUT2D eigenvalue weighted by molar-refractivity contribution is 0.102. The van der Waals surface area contributed by atoms with E-state index in [0.29, 0.717) is 22.1 Å². The molecule has 3 aromatic carbocycles. The first-order chi connectivity index (χ1) is 15.6. The molecule has 5 aromatic rings. The van der Waals surface area contributed by atoms with Crippen molar-refractivity contribution >= 4 is 39.6 Å². The Morgan fingerprint density at radius 2 is 1.75 bits per heavy atom. The highest BCUT2D eigenvalue weighted by molar-refractivity contribution is 6.30. The van der Waals surface area contributed by atoms with Gasteiger partial charge in [-0.3, -0.25) is 4.79 Å². The topological polar surface area (TPSA) is 72.2 Å². The predicted molar refractivity (Wildman–Crippen MR) is 127 cm³/mol. The first-order valence-corrected chi connectivity index (χ1v) is 10.7. The average molecular weight is 442 g/mol. The van der Waals surface area contributed by atoms with Crippen LogP contribution in [0.4, 0.5) is 5.69 Å². The highest BCUT2D eigenvalue weighted by Crippen LogP contribution is 2.34. The zero-order valence-corrected chi connectivity index (χ0v) is 18.4. The van der Waals surface area contributed by atoms with Crippen LogP contribution < -0.4 is 5.32 Å². The second-order valence-electron chi connectivity index (χ2n) is 7.53. The number of nitrogens with zero attached hydrogens (tertiary/aromatic N) is 4. The summed E-state index contributed by atoms with van der Waals surface area (Å²) in [6, 6.07) is 21.4. The van der Waals surface area contributed by atoms with E-state index in [4.69, 9.17) is 16.7 Å². The number of hydrogen-bond donors (Lipinski definition) is 1. The molecule has 0 spiro atoms. The normalized spacial score (nSPS) is 11.2. The Bertz CT molecular complexity index is 1470. The third-order valence-electron chi connectivity index (χ3n) is 5.55. The van der Waals surface area contributed by atoms with Crippen LogP contribution in [0.3, 0.4) is 0 Å². The van der Waals surface area contributed by atoms with E-state index in [-0.39, 0.29) is 11.6 Å². The molecule has 32 heavy (non-hydrogen) atoms. The minimum atomic E-state index is -0.348. The summed E-state index contributed by atoms with van der Waals surface area (Å²) in [6.45, 7) is 3.89. The van der Waals surface area contributed by atoms with Crippen molar-refractivity contribution in [2.24, 2.45) is 0 Å². The van der Waals surface area contributed by atoms with E-state index < -0.39 is 0 Å². The summed E-state index contributed by atoms with van der Waals surface area (Å²) in [4.78, 5) is 12.9. The molecular formula is C25H20ClN5O. The average Bonchev–Trinajstić information content (AvgIpc) is 3.20. The fourth-order valence-electron chi connectivity index (χ4n) is 3.95. The standard InChI is InChI=1S/C25H20ClN5O/c1-3-21-22(20-10-6-8-16-7-4-5-9-19(16)20)24-29-28-23(15(2)31(24)30-21)25(32)27-18-13-11-17(26)12-14-18/h4-14H,3H2,1-2H3,(H,27,32). The van der Waals surface area contributed by atoms with Crippen LogP contribution in [0.1, 0.15) is 28.8 Å². The largest absolute Gasteiger partial charge is 0.321 e. The van der Waals surface area contributed by atoms with Crippen LogP contribution in [0.25, 0.3) is 27.5 Å². The summed E-state index contributed by atoms with van der Waals surface area (Å²) in [5, 5.41) is 19.2. The van der Waals surface area contributed by atoms with Crippen LogP contribution in [-0.2, 0) is 6.42 Å². The molecule has 0 unspecified atom stereocenters. The smallest absolute Gasteiger partial charge is 0.278 e. The van der Waals surface area contributed by atoms with Crippen LogP contribution in [-0.4, -0.2) is 25.7 Å². The van der Waals surface area contributed by atoms with Crippen molar-refractivity contribution in [3.63, 3.8) is 0 Å². The van der Waals surface area contributed by atoms with E-state index in [1.54, 1.807) is 28.8 Å². The van der Waals surface area contributed by atoms with Gasteiger partial charge in [0.05, 0.1) is 17.0 Å². The molecule has 5 rings (SSSR count). The lowest BCUT2D eigenvalue weighted by Crippen LogP contribution is -2.18. The molecule has 0 saturated carbocycles. The number of aryl methyl sites for hydroxylation is 2. The molecule has 2 aromatic heterocycles. The summed E-state index contributed by atoms with van der Waals surface area (Å²) >= 11 is 5.93. The minimum Gasteiger partial charge on any atom is -0.321 e. The Labute approximate surface area is 189 Å². The summed E-state index contributed by atoms with van der Waals surface area (Å²) in [7, 11) is 0. The Balaban J connectivity index is 1.63. The number of carbonyl (C=O) groups excluding carboxylic acids is 1. The molecule has 7 heteroatoms. The van der Waals surface area contributed by atoms with E-state index in [1.807, 2.05) is 25.1 Å². The lowest BCUT2D eigenvalue weighted by Gasteiger charge is -2.09. The molecule has 0 aliphatic carbocycles. The molecule has 0 aliphatic rings. The van der Waals surface area contributed by atoms with Gasteiger partial charge in [0.2, 0.25) is 0 Å². The Hall–Kier alpha value is -3.77. The van der Waals surface area contributed by atoms with Gasteiger partial charge in [-0.15, -0.1) is 10.2 Å². The molecule has 0 saturated heterocycles. The Morgan fingerprint density at radius 1 is 1.00 bits per heavy atom. The van der Waals surface area contributed by atoms with Crippen LogP contribution in [0.15, 0.2) is 66.7 Å². The van der Waals surface area contributed by atoms with Crippen molar-refractivity contribution in [2.45, 2.75) is 20.3 Å². The highest BCUT2D eigenvalue weighted by atomic mass is 35.5. The lowest BCUT2D eigenvalue weighted by atomic mass is 9.97. The highest BCUT2D eigenvalue weighted by Gasteiger charge is 2.22. The monoisotopic (exact) mass is 441 g/mol. The first-order valence-electron chi connectivity index (χ1n) is 10.4. The van der Waals surface area contributed by atoms with Crippen molar-refractivity contribution in [2.75, 3.05) is 5.32 Å². The molecular weight excluding hydrogens is 422 g/mol. The zero-order chi connectivity index (χ0) is 22.2. The zero-order valence-electron chi connectivity index (χ0n) is 17.6. The number of benzene rings is 3. The Morgan fingerprint density at radius 3 is 2.53 bits per heavy atom. The second kappa shape index (κ2) is 8.05. The minimum absolute atomic E-state index is 0.224. The van der Waals surface area contributed by atoms with Crippen molar-refractivity contribution in [3.8, 4) is 11.1 Å². The van der Waals surface area contributed by atoms with Gasteiger partial charge >= 0.3 is 0 Å². The summed E-state index contributed by atoms with van der Waals surface area (Å²) in [6.07, 6.45) is 0.730. The van der Waals surface area contributed by atoms with Crippen LogP contribution in [0.2, 0.25) is 5.02 Å². The third kappa shape index (κ3) is 3.39. The van der Waals surface area contributed by atoms with E-state index in [0.717, 1.165) is 34.0 Å². The van der Waals surface area contributed by atoms with E-state index in [2.05, 4.69) is 46.7 Å². The maximum Gasteiger partial charge on any atom is 0.278 e. The van der Waals surface area contributed by atoms with E-state index >= 15 is 0 Å². The van der Waals surface area contributed by atoms with Gasteiger partial charge in [-0.25, -0.2) is 4.52 Å². The summed E-state index contributed by atoms with van der Waals surface area (Å²) in [5.41, 5.74) is 5.04. The van der Waals surface area contributed by atoms with Gasteiger partial charge < -0.3 is 5.32 Å². The maximum atomic E-state index is 12.9. The van der Waals surface area contributed by atoms with Gasteiger partial charge in [-0.05, 0) is 53.9 Å². The molecule has 0 radical (unpaired) electrons. The van der Waals surface area contributed by atoms with E-state index in [1.165, 1.54) is 0 Å². The third-order valence-corrected chi connectivity index (χ3v) is 5.80. The number of anilines is 1. The van der Waals surface area contributed by atoms with Crippen molar-refractivity contribution < 1.29 is 4.79 Å². The van der Waals surface area contributed by atoms with Crippen LogP contribution in [0, 0.1) is 6.92 Å². The first kappa shape index (κ1) is 20.2. The fourth-order valence-corrected chi connectivity index (χ4v) is 4.08. The number of amides is 1. The molecule has 6 nitrogen and oxygen atoms in total. The fraction of sp³-hybridized carbons (Fsp3) is 0.120. The van der Waals surface area contributed by atoms with Gasteiger partial charge in [-0.1, -0.05) is 61.0 Å². The maximum absolute atomic E-state index is 12.9. The number of carbonyl (C=O) groups is 1. The molecule has 1 N–H and O–H groups in total. The van der Waals surface area contributed by atoms with Gasteiger partial charge in [0.1, 0.15) is 0 Å². The SMILES string of the molecule is CCc1nn2c(C)c(C(=O)Nc3ccc(Cl)cc3)nnc2c1-c1cccc2ccccc12. The number of nitrogens with one attached hydrogen (secondary N) is 1. The molecule has 158 valence electrons. The number of rotatable bonds is 4. The number of fused-ring (bicyclic) bond motifs is 2. The number of aromatic nitrogens is 4. The summed E-state index contributed by atoms with van der Waals surface area (Å²) in [5.74, 6) is -0.348. The Kier molecular flexibility index (Phi) is 5.07. The summed E-state index contributed by atoms with van der Waals surface area (Å²) < 4.78 is 1.72. The van der Waals surface area contributed by atoms with Crippen molar-refractivity contribution in [1.29, 1.82) is 0 Å². The van der Waals surface area contributed by atoms with Crippen molar-refractivity contribution in [1.82, 2.24) is 19.8 Å². The van der Waals surface area contributed by atoms with Gasteiger partial charge in [0, 0.05) is 10.7 Å². The van der Waals surface area contributed by atoms with Gasteiger partial charge in [-0.2, -0.15) is 5.10 Å². The van der Waals surface area contributed by atoms with Gasteiger partial charge in [0.15, 0.2) is 11.3 Å². The number of hydrogen-bond acceptors (Lipinski definition) is 4. The van der Waals surface area contributed by atoms with Gasteiger partial charge in [0.25, 0.3) is 5.91 Å². The molecule has 2 heterocycles. The molecule has 0 atom stereocenters. The number of halogens is 1.